The summed E-state index contributed by atoms with van der Waals surface area (Å²) in [5.74, 6) is -0.399. The normalized spacial score (nSPS) is 15.7. The van der Waals surface area contributed by atoms with E-state index < -0.39 is 12.0 Å². The van der Waals surface area contributed by atoms with Crippen LogP contribution in [0.25, 0.3) is 11.1 Å². The topological polar surface area (TPSA) is 55.4 Å². The van der Waals surface area contributed by atoms with E-state index in [1.807, 2.05) is 42.5 Å². The Hall–Kier alpha value is -2.62. The Morgan fingerprint density at radius 3 is 2.22 bits per heavy atom. The molecule has 3 rings (SSSR count). The average molecular weight is 365 g/mol. The second-order valence-electron chi connectivity index (χ2n) is 7.19. The van der Waals surface area contributed by atoms with Gasteiger partial charge in [0.15, 0.2) is 0 Å². The minimum absolute atomic E-state index is 0.0198. The minimum atomic E-state index is -0.646. The van der Waals surface area contributed by atoms with Gasteiger partial charge < -0.3 is 10.1 Å². The van der Waals surface area contributed by atoms with Crippen LogP contribution in [0.15, 0.2) is 54.6 Å². The first-order valence-electron chi connectivity index (χ1n) is 9.70. The summed E-state index contributed by atoms with van der Waals surface area (Å²) in [5.41, 5.74) is 3.27. The van der Waals surface area contributed by atoms with Gasteiger partial charge in [0.2, 0.25) is 5.91 Å². The van der Waals surface area contributed by atoms with Gasteiger partial charge in [0, 0.05) is 12.3 Å². The van der Waals surface area contributed by atoms with Crippen molar-refractivity contribution in [1.82, 2.24) is 5.32 Å². The summed E-state index contributed by atoms with van der Waals surface area (Å²) >= 11 is 0. The zero-order valence-electron chi connectivity index (χ0n) is 15.8. The van der Waals surface area contributed by atoms with Gasteiger partial charge in [-0.05, 0) is 29.5 Å². The molecule has 0 bridgehead atoms. The fraction of sp³-hybridized carbons (Fsp3) is 0.391. The Morgan fingerprint density at radius 2 is 1.59 bits per heavy atom. The van der Waals surface area contributed by atoms with Gasteiger partial charge in [-0.15, -0.1) is 0 Å². The number of esters is 1. The van der Waals surface area contributed by atoms with Crippen LogP contribution < -0.4 is 5.32 Å². The van der Waals surface area contributed by atoms with Gasteiger partial charge in [0.05, 0.1) is 7.11 Å². The third-order valence-corrected chi connectivity index (χ3v) is 5.28. The van der Waals surface area contributed by atoms with Crippen molar-refractivity contribution in [1.29, 1.82) is 0 Å². The summed E-state index contributed by atoms with van der Waals surface area (Å²) in [7, 11) is 1.36. The summed E-state index contributed by atoms with van der Waals surface area (Å²) in [5, 5.41) is 2.92. The lowest BCUT2D eigenvalue weighted by molar-refractivity contribution is -0.145. The number of hydrogen-bond acceptors (Lipinski definition) is 3. The van der Waals surface area contributed by atoms with E-state index in [1.54, 1.807) is 0 Å². The number of carbonyl (C=O) groups is 2. The van der Waals surface area contributed by atoms with Gasteiger partial charge in [0.1, 0.15) is 6.04 Å². The van der Waals surface area contributed by atoms with Crippen molar-refractivity contribution >= 4 is 11.9 Å². The summed E-state index contributed by atoms with van der Waals surface area (Å²) in [4.78, 5) is 24.7. The number of nitrogens with one attached hydrogen (secondary N) is 1. The highest BCUT2D eigenvalue weighted by Gasteiger charge is 2.27. The van der Waals surface area contributed by atoms with Crippen LogP contribution in [0.2, 0.25) is 0 Å². The monoisotopic (exact) mass is 365 g/mol. The molecule has 0 radical (unpaired) electrons. The highest BCUT2D eigenvalue weighted by molar-refractivity contribution is 5.86. The molecule has 1 saturated carbocycles. The third kappa shape index (κ3) is 5.19. The Morgan fingerprint density at radius 1 is 0.963 bits per heavy atom. The van der Waals surface area contributed by atoms with Gasteiger partial charge >= 0.3 is 5.97 Å². The molecule has 4 heteroatoms. The number of ether oxygens (including phenoxy) is 1. The lowest BCUT2D eigenvalue weighted by Crippen LogP contribution is -2.45. The Balaban J connectivity index is 1.67. The molecule has 0 heterocycles. The molecule has 1 aliphatic rings. The lowest BCUT2D eigenvalue weighted by Gasteiger charge is -2.24. The molecule has 1 amide bonds. The third-order valence-electron chi connectivity index (χ3n) is 5.28. The zero-order chi connectivity index (χ0) is 19.1. The van der Waals surface area contributed by atoms with E-state index in [2.05, 4.69) is 17.4 Å². The molecule has 0 spiro atoms. The molecular formula is C23H27NO3. The van der Waals surface area contributed by atoms with Crippen LogP contribution in [-0.4, -0.2) is 25.0 Å². The molecule has 0 unspecified atom stereocenters. The van der Waals surface area contributed by atoms with Crippen LogP contribution in [0.4, 0.5) is 0 Å². The summed E-state index contributed by atoms with van der Waals surface area (Å²) in [6.45, 7) is 0. The van der Waals surface area contributed by atoms with E-state index in [9.17, 15) is 9.59 Å². The minimum Gasteiger partial charge on any atom is -0.467 e. The molecule has 0 aromatic heterocycles. The maximum Gasteiger partial charge on any atom is 0.328 e. The fourth-order valence-electron chi connectivity index (χ4n) is 3.69. The van der Waals surface area contributed by atoms with E-state index in [4.69, 9.17) is 4.74 Å². The number of hydrogen-bond donors (Lipinski definition) is 1. The second-order valence-corrected chi connectivity index (χ2v) is 7.19. The Kier molecular flexibility index (Phi) is 6.64. The van der Waals surface area contributed by atoms with Crippen molar-refractivity contribution in [3.8, 4) is 11.1 Å². The highest BCUT2D eigenvalue weighted by Crippen LogP contribution is 2.24. The first-order chi connectivity index (χ1) is 13.2. The predicted octanol–water partition coefficient (Wildman–Crippen LogP) is 4.13. The van der Waals surface area contributed by atoms with Crippen molar-refractivity contribution < 1.29 is 14.3 Å². The van der Waals surface area contributed by atoms with Crippen molar-refractivity contribution in [2.75, 3.05) is 7.11 Å². The molecule has 1 atom stereocenters. The van der Waals surface area contributed by atoms with Gasteiger partial charge in [-0.3, -0.25) is 4.79 Å². The maximum atomic E-state index is 12.5. The molecule has 0 saturated heterocycles. The number of amides is 1. The van der Waals surface area contributed by atoms with Crippen molar-refractivity contribution in [3.05, 3.63) is 60.2 Å². The fourth-order valence-corrected chi connectivity index (χ4v) is 3.69. The number of rotatable bonds is 6. The Bertz CT molecular complexity index is 749. The molecule has 1 aliphatic carbocycles. The van der Waals surface area contributed by atoms with E-state index >= 15 is 0 Å². The van der Waals surface area contributed by atoms with E-state index in [0.717, 1.165) is 42.4 Å². The number of carbonyl (C=O) groups excluding carboxylic acids is 2. The predicted molar refractivity (Wildman–Crippen MR) is 106 cm³/mol. The molecule has 0 aliphatic heterocycles. The highest BCUT2D eigenvalue weighted by atomic mass is 16.5. The molecule has 2 aromatic rings. The van der Waals surface area contributed by atoms with Crippen LogP contribution in [-0.2, 0) is 20.7 Å². The smallest absolute Gasteiger partial charge is 0.328 e. The SMILES string of the molecule is COC(=O)[C@H](Cc1ccc(-c2ccccc2)cc1)NC(=O)C1CCCCC1. The first kappa shape index (κ1) is 19.2. The van der Waals surface area contributed by atoms with Gasteiger partial charge in [-0.2, -0.15) is 0 Å². The molecule has 4 nitrogen and oxygen atoms in total. The Labute approximate surface area is 160 Å². The largest absolute Gasteiger partial charge is 0.467 e. The quantitative estimate of drug-likeness (QED) is 0.783. The molecule has 2 aromatic carbocycles. The first-order valence-corrected chi connectivity index (χ1v) is 9.70. The van der Waals surface area contributed by atoms with Crippen LogP contribution in [0.1, 0.15) is 37.7 Å². The average Bonchev–Trinajstić information content (AvgIpc) is 2.74. The second kappa shape index (κ2) is 9.36. The van der Waals surface area contributed by atoms with E-state index in [0.29, 0.717) is 6.42 Å². The van der Waals surface area contributed by atoms with Crippen LogP contribution in [0.5, 0.6) is 0 Å². The van der Waals surface area contributed by atoms with Gasteiger partial charge in [-0.25, -0.2) is 4.79 Å². The van der Waals surface area contributed by atoms with Gasteiger partial charge in [-0.1, -0.05) is 73.9 Å². The van der Waals surface area contributed by atoms with Gasteiger partial charge in [0.25, 0.3) is 0 Å². The molecule has 1 N–H and O–H groups in total. The summed E-state index contributed by atoms with van der Waals surface area (Å²) < 4.78 is 4.91. The summed E-state index contributed by atoms with van der Waals surface area (Å²) in [6.07, 6.45) is 5.61. The standard InChI is InChI=1S/C23H27NO3/c1-27-23(26)21(24-22(25)20-10-6-3-7-11-20)16-17-12-14-19(15-13-17)18-8-4-2-5-9-18/h2,4-5,8-9,12-15,20-21H,3,6-7,10-11,16H2,1H3,(H,24,25)/t21-/m0/s1. The van der Waals surface area contributed by atoms with Crippen LogP contribution >= 0.6 is 0 Å². The lowest BCUT2D eigenvalue weighted by atomic mass is 9.88. The van der Waals surface area contributed by atoms with Crippen molar-refractivity contribution in [2.24, 2.45) is 5.92 Å². The molecule has 142 valence electrons. The molecule has 27 heavy (non-hydrogen) atoms. The number of benzene rings is 2. The molecular weight excluding hydrogens is 338 g/mol. The van der Waals surface area contributed by atoms with E-state index in [-0.39, 0.29) is 11.8 Å². The zero-order valence-corrected chi connectivity index (χ0v) is 15.8. The van der Waals surface area contributed by atoms with Crippen molar-refractivity contribution in [2.45, 2.75) is 44.6 Å². The maximum absolute atomic E-state index is 12.5. The van der Waals surface area contributed by atoms with Crippen molar-refractivity contribution in [3.63, 3.8) is 0 Å². The van der Waals surface area contributed by atoms with E-state index in [1.165, 1.54) is 13.5 Å². The summed E-state index contributed by atoms with van der Waals surface area (Å²) in [6, 6.07) is 17.6. The van der Waals surface area contributed by atoms with Crippen LogP contribution in [0.3, 0.4) is 0 Å². The molecule has 1 fully saturated rings. The number of methoxy groups -OCH3 is 1. The van der Waals surface area contributed by atoms with Crippen LogP contribution in [0, 0.1) is 5.92 Å².